The fourth-order valence-electron chi connectivity index (χ4n) is 3.06. The Morgan fingerprint density at radius 2 is 2.17 bits per heavy atom. The lowest BCUT2D eigenvalue weighted by atomic mass is 9.82. The van der Waals surface area contributed by atoms with Gasteiger partial charge < -0.3 is 14.6 Å². The lowest BCUT2D eigenvalue weighted by molar-refractivity contribution is 0.0523. The van der Waals surface area contributed by atoms with Gasteiger partial charge in [-0.1, -0.05) is 23.8 Å². The first-order valence-electron chi connectivity index (χ1n) is 8.37. The maximum atomic E-state index is 12.0. The molecule has 0 radical (unpaired) electrons. The van der Waals surface area contributed by atoms with Gasteiger partial charge >= 0.3 is 5.97 Å². The van der Waals surface area contributed by atoms with E-state index in [2.05, 4.69) is 19.6 Å². The molecule has 2 rings (SSSR count). The van der Waals surface area contributed by atoms with Crippen LogP contribution in [-0.4, -0.2) is 24.8 Å². The van der Waals surface area contributed by atoms with Crippen LogP contribution in [0.5, 0.6) is 11.5 Å². The van der Waals surface area contributed by atoms with Gasteiger partial charge in [-0.25, -0.2) is 4.79 Å². The standard InChI is InChI=1S/C20H26O4/c1-5-24-20(22)16-10-11-18(23-4)17(19(16)21)12-14(3)15-8-6-13(2)7-9-15/h6,10-11,15,21H,3,5,7-9,12H2,1-2,4H3/t15-/m0/s1. The van der Waals surface area contributed by atoms with Crippen molar-refractivity contribution in [1.82, 2.24) is 0 Å². The van der Waals surface area contributed by atoms with E-state index >= 15 is 0 Å². The van der Waals surface area contributed by atoms with Crippen LogP contribution in [0.25, 0.3) is 0 Å². The average molecular weight is 330 g/mol. The number of phenols is 1. The first kappa shape index (κ1) is 18.1. The van der Waals surface area contributed by atoms with Crippen molar-refractivity contribution in [1.29, 1.82) is 0 Å². The zero-order chi connectivity index (χ0) is 17.7. The number of esters is 1. The van der Waals surface area contributed by atoms with E-state index in [0.29, 0.717) is 23.7 Å². The second-order valence-electron chi connectivity index (χ2n) is 6.22. The third kappa shape index (κ3) is 3.99. The topological polar surface area (TPSA) is 55.8 Å². The van der Waals surface area contributed by atoms with Gasteiger partial charge in [0, 0.05) is 12.0 Å². The van der Waals surface area contributed by atoms with Gasteiger partial charge in [-0.2, -0.15) is 0 Å². The summed E-state index contributed by atoms with van der Waals surface area (Å²) >= 11 is 0. The molecule has 0 aliphatic heterocycles. The fourth-order valence-corrected chi connectivity index (χ4v) is 3.06. The van der Waals surface area contributed by atoms with Crippen LogP contribution in [0.15, 0.2) is 35.9 Å². The molecule has 0 heterocycles. The molecule has 0 fully saturated rings. The number of aromatic hydroxyl groups is 1. The largest absolute Gasteiger partial charge is 0.507 e. The van der Waals surface area contributed by atoms with E-state index in [0.717, 1.165) is 24.8 Å². The summed E-state index contributed by atoms with van der Waals surface area (Å²) in [5, 5.41) is 10.6. The molecule has 1 aliphatic rings. The highest BCUT2D eigenvalue weighted by Crippen LogP contribution is 2.37. The van der Waals surface area contributed by atoms with Crippen molar-refractivity contribution in [3.8, 4) is 11.5 Å². The highest BCUT2D eigenvalue weighted by Gasteiger charge is 2.22. The maximum Gasteiger partial charge on any atom is 0.341 e. The smallest absolute Gasteiger partial charge is 0.341 e. The van der Waals surface area contributed by atoms with E-state index in [-0.39, 0.29) is 17.9 Å². The van der Waals surface area contributed by atoms with Crippen LogP contribution in [0.3, 0.4) is 0 Å². The van der Waals surface area contributed by atoms with Crippen LogP contribution in [0.4, 0.5) is 0 Å². The van der Waals surface area contributed by atoms with Crippen LogP contribution < -0.4 is 4.74 Å². The molecule has 0 saturated carbocycles. The number of rotatable bonds is 6. The molecule has 4 nitrogen and oxygen atoms in total. The molecule has 1 atom stereocenters. The quantitative estimate of drug-likeness (QED) is 0.619. The second kappa shape index (κ2) is 8.04. The second-order valence-corrected chi connectivity index (χ2v) is 6.22. The normalized spacial score (nSPS) is 17.1. The Bertz CT molecular complexity index is 658. The summed E-state index contributed by atoms with van der Waals surface area (Å²) in [6, 6.07) is 3.23. The average Bonchev–Trinajstić information content (AvgIpc) is 2.57. The van der Waals surface area contributed by atoms with Crippen molar-refractivity contribution < 1.29 is 19.4 Å². The molecule has 0 aromatic heterocycles. The van der Waals surface area contributed by atoms with E-state index in [1.165, 1.54) is 11.6 Å². The number of hydrogen-bond acceptors (Lipinski definition) is 4. The van der Waals surface area contributed by atoms with Crippen molar-refractivity contribution >= 4 is 5.97 Å². The predicted octanol–water partition coefficient (Wildman–Crippen LogP) is 4.42. The molecular formula is C20H26O4. The first-order valence-corrected chi connectivity index (χ1v) is 8.37. The predicted molar refractivity (Wildman–Crippen MR) is 94.6 cm³/mol. The molecule has 1 aliphatic carbocycles. The molecule has 130 valence electrons. The minimum Gasteiger partial charge on any atom is -0.507 e. The zero-order valence-corrected chi connectivity index (χ0v) is 14.7. The molecule has 4 heteroatoms. The monoisotopic (exact) mass is 330 g/mol. The van der Waals surface area contributed by atoms with Crippen LogP contribution in [0, 0.1) is 5.92 Å². The number of benzene rings is 1. The fraction of sp³-hybridized carbons (Fsp3) is 0.450. The van der Waals surface area contributed by atoms with Gasteiger partial charge in [-0.05, 0) is 51.2 Å². The SMILES string of the molecule is C=C(Cc1c(OC)ccc(C(=O)OCC)c1O)[C@H]1CC=C(C)CC1. The molecule has 0 unspecified atom stereocenters. The summed E-state index contributed by atoms with van der Waals surface area (Å²) in [5.41, 5.74) is 3.23. The van der Waals surface area contributed by atoms with Crippen molar-refractivity contribution in [2.75, 3.05) is 13.7 Å². The van der Waals surface area contributed by atoms with E-state index in [1.807, 2.05) is 0 Å². The number of methoxy groups -OCH3 is 1. The summed E-state index contributed by atoms with van der Waals surface area (Å²) in [7, 11) is 1.55. The molecule has 1 aromatic rings. The number of allylic oxidation sites excluding steroid dienone is 3. The van der Waals surface area contributed by atoms with Crippen LogP contribution in [-0.2, 0) is 11.2 Å². The van der Waals surface area contributed by atoms with Crippen LogP contribution in [0.2, 0.25) is 0 Å². The lowest BCUT2D eigenvalue weighted by Crippen LogP contribution is -2.11. The van der Waals surface area contributed by atoms with Gasteiger partial charge in [0.1, 0.15) is 17.1 Å². The van der Waals surface area contributed by atoms with Gasteiger partial charge in [0.15, 0.2) is 0 Å². The molecule has 0 amide bonds. The number of phenolic OH excluding ortho intramolecular Hbond substituents is 1. The lowest BCUT2D eigenvalue weighted by Gasteiger charge is -2.24. The number of carbonyl (C=O) groups excluding carboxylic acids is 1. The first-order chi connectivity index (χ1) is 11.5. The summed E-state index contributed by atoms with van der Waals surface area (Å²) in [6.45, 7) is 8.36. The van der Waals surface area contributed by atoms with Gasteiger partial charge in [0.2, 0.25) is 0 Å². The molecule has 1 aromatic carbocycles. The van der Waals surface area contributed by atoms with E-state index in [1.54, 1.807) is 20.1 Å². The Morgan fingerprint density at radius 1 is 1.42 bits per heavy atom. The summed E-state index contributed by atoms with van der Waals surface area (Å²) in [4.78, 5) is 12.0. The van der Waals surface area contributed by atoms with Gasteiger partial charge in [-0.3, -0.25) is 0 Å². The molecule has 0 saturated heterocycles. The molecule has 1 N–H and O–H groups in total. The Morgan fingerprint density at radius 3 is 2.75 bits per heavy atom. The molecule has 24 heavy (non-hydrogen) atoms. The van der Waals surface area contributed by atoms with Crippen molar-refractivity contribution in [3.63, 3.8) is 0 Å². The third-order valence-corrected chi connectivity index (χ3v) is 4.57. The third-order valence-electron chi connectivity index (χ3n) is 4.57. The number of carbonyl (C=O) groups is 1. The van der Waals surface area contributed by atoms with E-state index in [9.17, 15) is 9.90 Å². The van der Waals surface area contributed by atoms with Crippen LogP contribution >= 0.6 is 0 Å². The Kier molecular flexibility index (Phi) is 6.07. The maximum absolute atomic E-state index is 12.0. The van der Waals surface area contributed by atoms with Crippen LogP contribution in [0.1, 0.15) is 49.0 Å². The zero-order valence-electron chi connectivity index (χ0n) is 14.7. The molecular weight excluding hydrogens is 304 g/mol. The summed E-state index contributed by atoms with van der Waals surface area (Å²) < 4.78 is 10.4. The van der Waals surface area contributed by atoms with Crippen molar-refractivity contribution in [3.05, 3.63) is 47.1 Å². The molecule has 0 bridgehead atoms. The molecule has 0 spiro atoms. The number of hydrogen-bond donors (Lipinski definition) is 1. The highest BCUT2D eigenvalue weighted by atomic mass is 16.5. The summed E-state index contributed by atoms with van der Waals surface area (Å²) in [5.74, 6) is 0.352. The minimum absolute atomic E-state index is 0.0727. The van der Waals surface area contributed by atoms with Gasteiger partial charge in [-0.15, -0.1) is 0 Å². The van der Waals surface area contributed by atoms with E-state index in [4.69, 9.17) is 9.47 Å². The highest BCUT2D eigenvalue weighted by molar-refractivity contribution is 5.93. The Labute approximate surface area is 143 Å². The van der Waals surface area contributed by atoms with E-state index < -0.39 is 5.97 Å². The van der Waals surface area contributed by atoms with Crippen molar-refractivity contribution in [2.45, 2.75) is 39.5 Å². The Hall–Kier alpha value is -2.23. The van der Waals surface area contributed by atoms with Gasteiger partial charge in [0.25, 0.3) is 0 Å². The summed E-state index contributed by atoms with van der Waals surface area (Å²) in [6.07, 6.45) is 5.87. The van der Waals surface area contributed by atoms with Gasteiger partial charge in [0.05, 0.1) is 13.7 Å². The van der Waals surface area contributed by atoms with Crippen molar-refractivity contribution in [2.24, 2.45) is 5.92 Å². The minimum atomic E-state index is -0.527. The number of ether oxygens (including phenoxy) is 2. The Balaban J connectivity index is 2.26.